The van der Waals surface area contributed by atoms with Crippen LogP contribution in [0.25, 0.3) is 0 Å². The Labute approximate surface area is 114 Å². The van der Waals surface area contributed by atoms with E-state index in [1.54, 1.807) is 0 Å². The minimum atomic E-state index is -0.413. The van der Waals surface area contributed by atoms with Crippen LogP contribution in [0.4, 0.5) is 0 Å². The van der Waals surface area contributed by atoms with Crippen LogP contribution in [0.3, 0.4) is 0 Å². The molecule has 4 heteroatoms. The zero-order valence-electron chi connectivity index (χ0n) is 11.6. The second-order valence-electron chi connectivity index (χ2n) is 5.47. The predicted molar refractivity (Wildman–Crippen MR) is 74.7 cm³/mol. The van der Waals surface area contributed by atoms with Gasteiger partial charge in [-0.25, -0.2) is 0 Å². The number of rotatable bonds is 6. The van der Waals surface area contributed by atoms with Gasteiger partial charge in [0.1, 0.15) is 6.54 Å². The average molecular weight is 264 g/mol. The summed E-state index contributed by atoms with van der Waals surface area (Å²) in [5, 5.41) is 13.0. The van der Waals surface area contributed by atoms with E-state index >= 15 is 0 Å². The highest BCUT2D eigenvalue weighted by atomic mass is 16.3. The summed E-state index contributed by atoms with van der Waals surface area (Å²) in [7, 11) is 0. The van der Waals surface area contributed by atoms with Crippen molar-refractivity contribution in [2.45, 2.75) is 64.1 Å². The van der Waals surface area contributed by atoms with Crippen molar-refractivity contribution in [2.24, 2.45) is 0 Å². The van der Waals surface area contributed by atoms with Crippen molar-refractivity contribution in [2.75, 3.05) is 0 Å². The third-order valence-electron chi connectivity index (χ3n) is 3.77. The molecule has 0 bridgehead atoms. The molecular formula is C15H24N2O2. The van der Waals surface area contributed by atoms with Crippen LogP contribution in [0.2, 0.25) is 0 Å². The van der Waals surface area contributed by atoms with Gasteiger partial charge >= 0.3 is 0 Å². The topological polar surface area (TPSA) is 54.3 Å². The van der Waals surface area contributed by atoms with Gasteiger partial charge in [-0.3, -0.25) is 4.79 Å². The quantitative estimate of drug-likeness (QED) is 0.829. The van der Waals surface area contributed by atoms with Crippen LogP contribution in [0.1, 0.15) is 57.1 Å². The number of nitrogens with zero attached hydrogens (tertiary/aromatic N) is 1. The summed E-state index contributed by atoms with van der Waals surface area (Å²) < 4.78 is 1.85. The average Bonchev–Trinajstić information content (AvgIpc) is 3.00. The van der Waals surface area contributed by atoms with E-state index in [9.17, 15) is 9.90 Å². The third kappa shape index (κ3) is 4.10. The van der Waals surface area contributed by atoms with Crippen molar-refractivity contribution in [3.63, 3.8) is 0 Å². The molecular weight excluding hydrogens is 240 g/mol. The number of nitrogens with one attached hydrogen (secondary N) is 1. The van der Waals surface area contributed by atoms with Crippen LogP contribution in [-0.4, -0.2) is 21.6 Å². The number of amides is 1. The molecule has 1 saturated carbocycles. The SMILES string of the molecule is CCCC(O)c1ccn(CC(=O)NC2CCCC2)c1. The zero-order chi connectivity index (χ0) is 13.7. The molecule has 4 nitrogen and oxygen atoms in total. The lowest BCUT2D eigenvalue weighted by Gasteiger charge is -2.12. The lowest BCUT2D eigenvalue weighted by atomic mass is 10.1. The Hall–Kier alpha value is -1.29. The van der Waals surface area contributed by atoms with Gasteiger partial charge in [-0.2, -0.15) is 0 Å². The number of aliphatic hydroxyl groups is 1. The van der Waals surface area contributed by atoms with Gasteiger partial charge in [0.2, 0.25) is 5.91 Å². The number of aliphatic hydroxyl groups excluding tert-OH is 1. The summed E-state index contributed by atoms with van der Waals surface area (Å²) in [5.74, 6) is 0.0685. The van der Waals surface area contributed by atoms with Gasteiger partial charge in [0.25, 0.3) is 0 Å². The van der Waals surface area contributed by atoms with E-state index < -0.39 is 6.10 Å². The van der Waals surface area contributed by atoms with E-state index in [1.807, 2.05) is 23.0 Å². The number of carbonyl (C=O) groups is 1. The summed E-state index contributed by atoms with van der Waals surface area (Å²) >= 11 is 0. The predicted octanol–water partition coefficient (Wildman–Crippen LogP) is 2.38. The lowest BCUT2D eigenvalue weighted by molar-refractivity contribution is -0.122. The molecule has 0 aromatic carbocycles. The lowest BCUT2D eigenvalue weighted by Crippen LogP contribution is -2.34. The Balaban J connectivity index is 1.83. The van der Waals surface area contributed by atoms with Gasteiger partial charge in [-0.1, -0.05) is 26.2 Å². The second kappa shape index (κ2) is 6.75. The Morgan fingerprint density at radius 1 is 1.53 bits per heavy atom. The molecule has 0 saturated heterocycles. The molecule has 2 N–H and O–H groups in total. The highest BCUT2D eigenvalue weighted by molar-refractivity contribution is 5.76. The summed E-state index contributed by atoms with van der Waals surface area (Å²) in [4.78, 5) is 11.9. The van der Waals surface area contributed by atoms with Crippen molar-refractivity contribution in [1.29, 1.82) is 0 Å². The standard InChI is InChI=1S/C15H24N2O2/c1-2-5-14(18)12-8-9-17(10-12)11-15(19)16-13-6-3-4-7-13/h8-10,13-14,18H,2-7,11H2,1H3,(H,16,19). The van der Waals surface area contributed by atoms with Gasteiger partial charge in [0.15, 0.2) is 0 Å². The van der Waals surface area contributed by atoms with Gasteiger partial charge in [0, 0.05) is 18.4 Å². The highest BCUT2D eigenvalue weighted by Crippen LogP contribution is 2.19. The third-order valence-corrected chi connectivity index (χ3v) is 3.77. The van der Waals surface area contributed by atoms with E-state index in [0.29, 0.717) is 12.6 Å². The van der Waals surface area contributed by atoms with Crippen molar-refractivity contribution in [3.05, 3.63) is 24.0 Å². The van der Waals surface area contributed by atoms with Crippen molar-refractivity contribution in [1.82, 2.24) is 9.88 Å². The number of aromatic nitrogens is 1. The second-order valence-corrected chi connectivity index (χ2v) is 5.47. The Bertz CT molecular complexity index is 408. The molecule has 1 atom stereocenters. The first-order valence-electron chi connectivity index (χ1n) is 7.32. The normalized spacial score (nSPS) is 17.6. The van der Waals surface area contributed by atoms with E-state index in [2.05, 4.69) is 12.2 Å². The summed E-state index contributed by atoms with van der Waals surface area (Å²) in [6.45, 7) is 2.39. The summed E-state index contributed by atoms with van der Waals surface area (Å²) in [6.07, 6.45) is 9.70. The van der Waals surface area contributed by atoms with E-state index in [4.69, 9.17) is 0 Å². The van der Waals surface area contributed by atoms with Crippen LogP contribution in [0.5, 0.6) is 0 Å². The number of hydrogen-bond donors (Lipinski definition) is 2. The van der Waals surface area contributed by atoms with Gasteiger partial charge in [-0.05, 0) is 30.9 Å². The summed E-state index contributed by atoms with van der Waals surface area (Å²) in [5.41, 5.74) is 0.899. The minimum Gasteiger partial charge on any atom is -0.388 e. The maximum atomic E-state index is 11.9. The first-order chi connectivity index (χ1) is 9.19. The fourth-order valence-corrected chi connectivity index (χ4v) is 2.70. The molecule has 19 heavy (non-hydrogen) atoms. The first kappa shape index (κ1) is 14.1. The fourth-order valence-electron chi connectivity index (χ4n) is 2.70. The molecule has 0 aliphatic heterocycles. The number of carbonyl (C=O) groups excluding carboxylic acids is 1. The molecule has 1 fully saturated rings. The van der Waals surface area contributed by atoms with Crippen molar-refractivity contribution < 1.29 is 9.90 Å². The van der Waals surface area contributed by atoms with Crippen LogP contribution in [-0.2, 0) is 11.3 Å². The van der Waals surface area contributed by atoms with E-state index in [0.717, 1.165) is 31.2 Å². The molecule has 1 aromatic heterocycles. The Morgan fingerprint density at radius 3 is 2.95 bits per heavy atom. The van der Waals surface area contributed by atoms with Gasteiger partial charge in [-0.15, -0.1) is 0 Å². The molecule has 0 spiro atoms. The monoisotopic (exact) mass is 264 g/mol. The van der Waals surface area contributed by atoms with E-state index in [1.165, 1.54) is 12.8 Å². The highest BCUT2D eigenvalue weighted by Gasteiger charge is 2.17. The van der Waals surface area contributed by atoms with E-state index in [-0.39, 0.29) is 5.91 Å². The maximum absolute atomic E-state index is 11.9. The summed E-state index contributed by atoms with van der Waals surface area (Å²) in [6, 6.07) is 2.26. The molecule has 0 radical (unpaired) electrons. The van der Waals surface area contributed by atoms with Crippen molar-refractivity contribution >= 4 is 5.91 Å². The molecule has 1 heterocycles. The molecule has 1 amide bonds. The smallest absolute Gasteiger partial charge is 0.240 e. The van der Waals surface area contributed by atoms with Crippen LogP contribution in [0, 0.1) is 0 Å². The van der Waals surface area contributed by atoms with Crippen LogP contribution in [0.15, 0.2) is 18.5 Å². The molecule has 1 aliphatic carbocycles. The molecule has 1 aliphatic rings. The molecule has 1 aromatic rings. The van der Waals surface area contributed by atoms with Gasteiger partial charge < -0.3 is 15.0 Å². The van der Waals surface area contributed by atoms with Crippen LogP contribution < -0.4 is 5.32 Å². The Morgan fingerprint density at radius 2 is 2.26 bits per heavy atom. The molecule has 2 rings (SSSR count). The first-order valence-corrected chi connectivity index (χ1v) is 7.32. The Kier molecular flexibility index (Phi) is 5.02. The van der Waals surface area contributed by atoms with Crippen molar-refractivity contribution in [3.8, 4) is 0 Å². The van der Waals surface area contributed by atoms with Gasteiger partial charge in [0.05, 0.1) is 6.10 Å². The molecule has 1 unspecified atom stereocenters. The van der Waals surface area contributed by atoms with Crippen LogP contribution >= 0.6 is 0 Å². The fraction of sp³-hybridized carbons (Fsp3) is 0.667. The maximum Gasteiger partial charge on any atom is 0.240 e. The number of hydrogen-bond acceptors (Lipinski definition) is 2. The molecule has 106 valence electrons. The zero-order valence-corrected chi connectivity index (χ0v) is 11.6. The largest absolute Gasteiger partial charge is 0.388 e. The minimum absolute atomic E-state index is 0.0685.